The highest BCUT2D eigenvalue weighted by Crippen LogP contribution is 2.51. The molecule has 1 N–H and O–H groups in total. The Hall–Kier alpha value is -1.44. The van der Waals surface area contributed by atoms with Crippen molar-refractivity contribution in [1.82, 2.24) is 9.96 Å². The molecule has 1 unspecified atom stereocenters. The minimum Gasteiger partial charge on any atom is -0.458 e. The van der Waals surface area contributed by atoms with Gasteiger partial charge in [-0.3, -0.25) is 19.3 Å². The second-order valence-electron chi connectivity index (χ2n) is 10.4. The molecule has 3 aliphatic rings. The number of aliphatic hydroxyl groups is 1. The molecule has 1 saturated carbocycles. The van der Waals surface area contributed by atoms with E-state index in [1.807, 2.05) is 6.92 Å². The average Bonchev–Trinajstić information content (AvgIpc) is 2.75. The number of fused-ring (bicyclic) bond motifs is 1. The Kier molecular flexibility index (Phi) is 8.05. The lowest BCUT2D eigenvalue weighted by molar-refractivity contribution is -0.176. The minimum atomic E-state index is -0.871. The predicted octanol–water partition coefficient (Wildman–Crippen LogP) is 3.17. The van der Waals surface area contributed by atoms with Gasteiger partial charge >= 0.3 is 5.97 Å². The van der Waals surface area contributed by atoms with Crippen molar-refractivity contribution in [2.45, 2.75) is 84.0 Å². The van der Waals surface area contributed by atoms with Gasteiger partial charge in [0.1, 0.15) is 6.10 Å². The summed E-state index contributed by atoms with van der Waals surface area (Å²) < 4.78 is 5.53. The molecule has 182 valence electrons. The average molecular weight is 451 g/mol. The largest absolute Gasteiger partial charge is 0.458 e. The van der Waals surface area contributed by atoms with Crippen LogP contribution in [0.15, 0.2) is 11.6 Å². The summed E-state index contributed by atoms with van der Waals surface area (Å²) in [6.45, 7) is 9.56. The van der Waals surface area contributed by atoms with Crippen molar-refractivity contribution in [2.24, 2.45) is 23.7 Å². The molecule has 0 aromatic carbocycles. The Balaban J connectivity index is 1.78. The van der Waals surface area contributed by atoms with Crippen LogP contribution in [0.2, 0.25) is 0 Å². The smallest absolute Gasteiger partial charge is 0.303 e. The molecular weight excluding hydrogens is 408 g/mol. The molecule has 7 heteroatoms. The zero-order valence-corrected chi connectivity index (χ0v) is 20.7. The van der Waals surface area contributed by atoms with Crippen molar-refractivity contribution in [3.63, 3.8) is 0 Å². The van der Waals surface area contributed by atoms with Crippen molar-refractivity contribution in [3.05, 3.63) is 11.6 Å². The molecule has 7 atom stereocenters. The molecule has 1 amide bonds. The Morgan fingerprint density at radius 2 is 2.03 bits per heavy atom. The molecule has 32 heavy (non-hydrogen) atoms. The number of esters is 1. The SMILES string of the molecule is CON(C)C(=O)C1CCCCN1C[C@@H](C)[C@@H]1CC[C@@H](C)[C@]2(O)C[C@@H](OC(C)=O)C(C)=C[C@H]12. The van der Waals surface area contributed by atoms with Crippen molar-refractivity contribution >= 4 is 11.9 Å². The number of carbonyl (C=O) groups is 2. The van der Waals surface area contributed by atoms with Crippen LogP contribution in [0.5, 0.6) is 0 Å². The number of nitrogens with zero attached hydrogens (tertiary/aromatic N) is 2. The van der Waals surface area contributed by atoms with E-state index in [2.05, 4.69) is 24.8 Å². The van der Waals surface area contributed by atoms with Gasteiger partial charge in [0.25, 0.3) is 5.91 Å². The van der Waals surface area contributed by atoms with Crippen LogP contribution in [0.25, 0.3) is 0 Å². The summed E-state index contributed by atoms with van der Waals surface area (Å²) in [5.74, 6) is 0.550. The van der Waals surface area contributed by atoms with Gasteiger partial charge in [0.2, 0.25) is 0 Å². The van der Waals surface area contributed by atoms with Crippen LogP contribution in [0, 0.1) is 23.7 Å². The molecule has 2 fully saturated rings. The van der Waals surface area contributed by atoms with Crippen LogP contribution in [0.4, 0.5) is 0 Å². The Morgan fingerprint density at radius 3 is 2.69 bits per heavy atom. The van der Waals surface area contributed by atoms with E-state index in [4.69, 9.17) is 9.57 Å². The number of amides is 1. The van der Waals surface area contributed by atoms with Gasteiger partial charge in [0.15, 0.2) is 0 Å². The maximum Gasteiger partial charge on any atom is 0.303 e. The number of likely N-dealkylation sites (N-methyl/N-ethyl adjacent to an activating group) is 1. The van der Waals surface area contributed by atoms with Crippen molar-refractivity contribution in [3.8, 4) is 0 Å². The molecule has 1 saturated heterocycles. The van der Waals surface area contributed by atoms with Gasteiger partial charge in [-0.2, -0.15) is 0 Å². The summed E-state index contributed by atoms with van der Waals surface area (Å²) in [6, 6.07) is -0.144. The standard InChI is InChI=1S/C25H42N2O5/c1-16-13-21-20(11-10-18(3)25(21,30)14-23(16)32-19(4)28)17(2)15-27-12-8-7-9-22(27)24(29)26(5)31-6/h13,17-18,20-23,30H,7-12,14-15H2,1-6H3/t17-,18-,20+,21-,22?,23-,25-/m1/s1. The maximum atomic E-state index is 12.9. The second-order valence-corrected chi connectivity index (χ2v) is 10.4. The third-order valence-electron chi connectivity index (χ3n) is 8.33. The minimum absolute atomic E-state index is 0.0193. The monoisotopic (exact) mass is 450 g/mol. The first kappa shape index (κ1) is 25.2. The molecule has 1 aliphatic heterocycles. The number of ether oxygens (including phenoxy) is 1. The summed E-state index contributed by atoms with van der Waals surface area (Å²) in [6.07, 6.45) is 7.32. The molecule has 1 heterocycles. The van der Waals surface area contributed by atoms with Gasteiger partial charge in [-0.15, -0.1) is 0 Å². The number of likely N-dealkylation sites (tertiary alicyclic amines) is 1. The van der Waals surface area contributed by atoms with Crippen molar-refractivity contribution in [2.75, 3.05) is 27.2 Å². The van der Waals surface area contributed by atoms with E-state index in [0.717, 1.165) is 50.8 Å². The zero-order chi connectivity index (χ0) is 23.6. The molecule has 7 nitrogen and oxygen atoms in total. The fourth-order valence-corrected chi connectivity index (χ4v) is 6.29. The first-order valence-electron chi connectivity index (χ1n) is 12.2. The number of hydroxylamine groups is 2. The first-order valence-corrected chi connectivity index (χ1v) is 12.2. The van der Waals surface area contributed by atoms with Gasteiger partial charge in [-0.25, -0.2) is 5.06 Å². The highest BCUT2D eigenvalue weighted by Gasteiger charge is 2.53. The highest BCUT2D eigenvalue weighted by molar-refractivity contribution is 5.80. The fraction of sp³-hybridized carbons (Fsp3) is 0.840. The molecule has 0 aromatic heterocycles. The van der Waals surface area contributed by atoms with Gasteiger partial charge < -0.3 is 9.84 Å². The van der Waals surface area contributed by atoms with Crippen LogP contribution in [-0.2, 0) is 19.2 Å². The lowest BCUT2D eigenvalue weighted by Crippen LogP contribution is -2.57. The predicted molar refractivity (Wildman–Crippen MR) is 122 cm³/mol. The van der Waals surface area contributed by atoms with Crippen molar-refractivity contribution < 1.29 is 24.3 Å². The van der Waals surface area contributed by atoms with E-state index in [1.165, 1.54) is 19.1 Å². The third-order valence-corrected chi connectivity index (χ3v) is 8.33. The number of carbonyl (C=O) groups excluding carboxylic acids is 2. The van der Waals surface area contributed by atoms with E-state index in [-0.39, 0.29) is 35.9 Å². The summed E-state index contributed by atoms with van der Waals surface area (Å²) >= 11 is 0. The lowest BCUT2D eigenvalue weighted by Gasteiger charge is -2.53. The Bertz CT molecular complexity index is 725. The summed E-state index contributed by atoms with van der Waals surface area (Å²) in [4.78, 5) is 31.9. The van der Waals surface area contributed by atoms with Crippen LogP contribution in [0.3, 0.4) is 0 Å². The summed E-state index contributed by atoms with van der Waals surface area (Å²) in [5.41, 5.74) is 0.165. The van der Waals surface area contributed by atoms with Gasteiger partial charge in [-0.05, 0) is 62.5 Å². The molecule has 0 aromatic rings. The summed E-state index contributed by atoms with van der Waals surface area (Å²) in [5, 5.41) is 13.1. The molecule has 0 radical (unpaired) electrons. The number of hydrogen-bond acceptors (Lipinski definition) is 6. The quantitative estimate of drug-likeness (QED) is 0.380. The molecule has 2 aliphatic carbocycles. The topological polar surface area (TPSA) is 79.3 Å². The molecule has 0 bridgehead atoms. The highest BCUT2D eigenvalue weighted by atomic mass is 16.7. The third kappa shape index (κ3) is 5.05. The second kappa shape index (κ2) is 10.2. The van der Waals surface area contributed by atoms with E-state index >= 15 is 0 Å². The van der Waals surface area contributed by atoms with E-state index in [9.17, 15) is 14.7 Å². The van der Waals surface area contributed by atoms with Crippen molar-refractivity contribution in [1.29, 1.82) is 0 Å². The van der Waals surface area contributed by atoms with Gasteiger partial charge in [0.05, 0.1) is 18.8 Å². The lowest BCUT2D eigenvalue weighted by atomic mass is 9.57. The Labute approximate surface area is 193 Å². The molecular formula is C25H42N2O5. The van der Waals surface area contributed by atoms with Crippen LogP contribution in [0.1, 0.15) is 66.2 Å². The maximum absolute atomic E-state index is 12.9. The van der Waals surface area contributed by atoms with Crippen LogP contribution >= 0.6 is 0 Å². The number of piperidine rings is 1. The van der Waals surface area contributed by atoms with E-state index < -0.39 is 5.60 Å². The van der Waals surface area contributed by atoms with Gasteiger partial charge in [-0.1, -0.05) is 26.3 Å². The van der Waals surface area contributed by atoms with Crippen LogP contribution in [-0.4, -0.2) is 71.9 Å². The normalized spacial score (nSPS) is 36.6. The summed E-state index contributed by atoms with van der Waals surface area (Å²) in [7, 11) is 3.20. The number of rotatable bonds is 6. The van der Waals surface area contributed by atoms with Gasteiger partial charge in [0, 0.05) is 32.9 Å². The number of hydrogen-bond donors (Lipinski definition) is 1. The molecule has 3 rings (SSSR count). The Morgan fingerprint density at radius 1 is 1.31 bits per heavy atom. The van der Waals surface area contributed by atoms with E-state index in [0.29, 0.717) is 18.3 Å². The zero-order valence-electron chi connectivity index (χ0n) is 20.7. The van der Waals surface area contributed by atoms with Crippen LogP contribution < -0.4 is 0 Å². The first-order chi connectivity index (χ1) is 15.1. The molecule has 0 spiro atoms. The van der Waals surface area contributed by atoms with E-state index in [1.54, 1.807) is 7.05 Å². The fourth-order valence-electron chi connectivity index (χ4n) is 6.29.